The van der Waals surface area contributed by atoms with Crippen molar-refractivity contribution in [1.29, 1.82) is 0 Å². The van der Waals surface area contributed by atoms with Crippen LogP contribution in [0.15, 0.2) is 30.3 Å². The SMILES string of the molecule is NCCc1ccccc1C=CCC(=O)O. The van der Waals surface area contributed by atoms with Gasteiger partial charge in [0.25, 0.3) is 0 Å². The van der Waals surface area contributed by atoms with E-state index in [0.717, 1.165) is 17.5 Å². The normalized spacial score (nSPS) is 10.7. The molecule has 0 spiro atoms. The molecule has 3 heteroatoms. The quantitative estimate of drug-likeness (QED) is 0.768. The smallest absolute Gasteiger partial charge is 0.307 e. The average molecular weight is 205 g/mol. The van der Waals surface area contributed by atoms with Crippen molar-refractivity contribution in [3.63, 3.8) is 0 Å². The lowest BCUT2D eigenvalue weighted by atomic mass is 10.0. The Morgan fingerprint density at radius 2 is 2.13 bits per heavy atom. The lowest BCUT2D eigenvalue weighted by Gasteiger charge is -2.03. The van der Waals surface area contributed by atoms with Crippen molar-refractivity contribution in [2.24, 2.45) is 5.73 Å². The molecule has 0 saturated heterocycles. The van der Waals surface area contributed by atoms with E-state index in [2.05, 4.69) is 0 Å². The zero-order valence-electron chi connectivity index (χ0n) is 8.52. The van der Waals surface area contributed by atoms with Gasteiger partial charge in [0.05, 0.1) is 6.42 Å². The molecule has 0 fully saturated rings. The summed E-state index contributed by atoms with van der Waals surface area (Å²) in [6.45, 7) is 0.601. The number of hydrogen-bond acceptors (Lipinski definition) is 2. The third-order valence-corrected chi connectivity index (χ3v) is 2.06. The van der Waals surface area contributed by atoms with Crippen LogP contribution in [-0.2, 0) is 11.2 Å². The van der Waals surface area contributed by atoms with Crippen molar-refractivity contribution in [3.8, 4) is 0 Å². The highest BCUT2D eigenvalue weighted by molar-refractivity contribution is 5.70. The van der Waals surface area contributed by atoms with Crippen LogP contribution in [0.2, 0.25) is 0 Å². The van der Waals surface area contributed by atoms with E-state index in [1.54, 1.807) is 6.08 Å². The summed E-state index contributed by atoms with van der Waals surface area (Å²) in [6.07, 6.45) is 4.35. The number of carboxylic acid groups (broad SMARTS) is 1. The Hall–Kier alpha value is -1.61. The Morgan fingerprint density at radius 1 is 1.40 bits per heavy atom. The van der Waals surface area contributed by atoms with Gasteiger partial charge in [-0.3, -0.25) is 4.79 Å². The fraction of sp³-hybridized carbons (Fsp3) is 0.250. The first-order chi connectivity index (χ1) is 7.24. The van der Waals surface area contributed by atoms with Gasteiger partial charge in [-0.1, -0.05) is 36.4 Å². The van der Waals surface area contributed by atoms with Gasteiger partial charge in [-0.05, 0) is 24.1 Å². The number of hydrogen-bond donors (Lipinski definition) is 2. The predicted octanol–water partition coefficient (Wildman–Crippen LogP) is 1.68. The Morgan fingerprint density at radius 3 is 2.80 bits per heavy atom. The van der Waals surface area contributed by atoms with Gasteiger partial charge in [0.15, 0.2) is 0 Å². The second-order valence-corrected chi connectivity index (χ2v) is 3.24. The molecule has 0 radical (unpaired) electrons. The molecule has 0 atom stereocenters. The fourth-order valence-electron chi connectivity index (χ4n) is 1.37. The summed E-state index contributed by atoms with van der Waals surface area (Å²) in [5.41, 5.74) is 7.69. The van der Waals surface area contributed by atoms with Crippen LogP contribution in [0.25, 0.3) is 6.08 Å². The number of rotatable bonds is 5. The average Bonchev–Trinajstić information content (AvgIpc) is 2.20. The molecular weight excluding hydrogens is 190 g/mol. The zero-order valence-corrected chi connectivity index (χ0v) is 8.52. The summed E-state index contributed by atoms with van der Waals surface area (Å²) in [4.78, 5) is 10.3. The van der Waals surface area contributed by atoms with E-state index in [9.17, 15) is 4.79 Å². The molecule has 3 nitrogen and oxygen atoms in total. The van der Waals surface area contributed by atoms with Gasteiger partial charge in [0, 0.05) is 0 Å². The van der Waals surface area contributed by atoms with Crippen LogP contribution in [0.5, 0.6) is 0 Å². The van der Waals surface area contributed by atoms with Crippen LogP contribution in [0.3, 0.4) is 0 Å². The highest BCUT2D eigenvalue weighted by Crippen LogP contribution is 2.11. The maximum Gasteiger partial charge on any atom is 0.307 e. The van der Waals surface area contributed by atoms with Gasteiger partial charge in [-0.2, -0.15) is 0 Å². The van der Waals surface area contributed by atoms with Crippen molar-refractivity contribution in [2.75, 3.05) is 6.54 Å². The monoisotopic (exact) mass is 205 g/mol. The number of carboxylic acids is 1. The number of aliphatic carboxylic acids is 1. The lowest BCUT2D eigenvalue weighted by molar-refractivity contribution is -0.135. The molecule has 1 aromatic carbocycles. The fourth-order valence-corrected chi connectivity index (χ4v) is 1.37. The summed E-state index contributed by atoms with van der Waals surface area (Å²) in [5.74, 6) is -0.817. The highest BCUT2D eigenvalue weighted by atomic mass is 16.4. The molecule has 0 aliphatic carbocycles. The molecular formula is C12H15NO2. The van der Waals surface area contributed by atoms with E-state index in [1.165, 1.54) is 0 Å². The first kappa shape index (κ1) is 11.5. The molecule has 0 amide bonds. The van der Waals surface area contributed by atoms with Gasteiger partial charge in [-0.25, -0.2) is 0 Å². The van der Waals surface area contributed by atoms with E-state index in [1.807, 2.05) is 30.3 Å². The van der Waals surface area contributed by atoms with Crippen LogP contribution < -0.4 is 5.73 Å². The Balaban J connectivity index is 2.74. The van der Waals surface area contributed by atoms with Crippen LogP contribution in [-0.4, -0.2) is 17.6 Å². The second kappa shape index (κ2) is 5.98. The Bertz CT molecular complexity index is 358. The van der Waals surface area contributed by atoms with Crippen molar-refractivity contribution < 1.29 is 9.90 Å². The van der Waals surface area contributed by atoms with Crippen LogP contribution in [0.1, 0.15) is 17.5 Å². The van der Waals surface area contributed by atoms with Crippen molar-refractivity contribution in [3.05, 3.63) is 41.5 Å². The van der Waals surface area contributed by atoms with Crippen molar-refractivity contribution in [1.82, 2.24) is 0 Å². The molecule has 0 heterocycles. The molecule has 0 aliphatic rings. The third kappa shape index (κ3) is 3.95. The standard InChI is InChI=1S/C12H15NO2/c13-9-8-11-5-2-1-4-10(11)6-3-7-12(14)15/h1-6H,7-9,13H2,(H,14,15). The van der Waals surface area contributed by atoms with Gasteiger partial charge in [0.2, 0.25) is 0 Å². The molecule has 3 N–H and O–H groups in total. The molecule has 1 rings (SSSR count). The second-order valence-electron chi connectivity index (χ2n) is 3.24. The summed E-state index contributed by atoms with van der Waals surface area (Å²) >= 11 is 0. The first-order valence-corrected chi connectivity index (χ1v) is 4.90. The molecule has 1 aromatic rings. The van der Waals surface area contributed by atoms with Crippen LogP contribution >= 0.6 is 0 Å². The van der Waals surface area contributed by atoms with Gasteiger partial charge in [0.1, 0.15) is 0 Å². The number of carbonyl (C=O) groups is 1. The van der Waals surface area contributed by atoms with E-state index in [4.69, 9.17) is 10.8 Å². The maximum atomic E-state index is 10.3. The predicted molar refractivity (Wildman–Crippen MR) is 60.5 cm³/mol. The Labute approximate surface area is 89.2 Å². The molecule has 0 bridgehead atoms. The highest BCUT2D eigenvalue weighted by Gasteiger charge is 1.97. The van der Waals surface area contributed by atoms with Crippen LogP contribution in [0, 0.1) is 0 Å². The molecule has 0 unspecified atom stereocenters. The Kier molecular flexibility index (Phi) is 4.57. The summed E-state index contributed by atoms with van der Waals surface area (Å²) in [5, 5.41) is 8.49. The molecule has 0 aliphatic heterocycles. The van der Waals surface area contributed by atoms with Gasteiger partial charge in [-0.15, -0.1) is 0 Å². The zero-order chi connectivity index (χ0) is 11.1. The van der Waals surface area contributed by atoms with Crippen molar-refractivity contribution in [2.45, 2.75) is 12.8 Å². The van der Waals surface area contributed by atoms with Crippen LogP contribution in [0.4, 0.5) is 0 Å². The molecule has 0 aromatic heterocycles. The van der Waals surface area contributed by atoms with Gasteiger partial charge < -0.3 is 10.8 Å². The minimum Gasteiger partial charge on any atom is -0.481 e. The minimum atomic E-state index is -0.817. The van der Waals surface area contributed by atoms with E-state index < -0.39 is 5.97 Å². The maximum absolute atomic E-state index is 10.3. The van der Waals surface area contributed by atoms with E-state index in [0.29, 0.717) is 6.54 Å². The molecule has 15 heavy (non-hydrogen) atoms. The first-order valence-electron chi connectivity index (χ1n) is 4.90. The largest absolute Gasteiger partial charge is 0.481 e. The number of nitrogens with two attached hydrogens (primary N) is 1. The molecule has 0 saturated carbocycles. The van der Waals surface area contributed by atoms with Crippen molar-refractivity contribution >= 4 is 12.0 Å². The topological polar surface area (TPSA) is 63.3 Å². The minimum absolute atomic E-state index is 0.0525. The summed E-state index contributed by atoms with van der Waals surface area (Å²) < 4.78 is 0. The lowest BCUT2D eigenvalue weighted by Crippen LogP contribution is -2.03. The van der Waals surface area contributed by atoms with Gasteiger partial charge >= 0.3 is 5.97 Å². The molecule has 80 valence electrons. The van der Waals surface area contributed by atoms with E-state index in [-0.39, 0.29) is 6.42 Å². The third-order valence-electron chi connectivity index (χ3n) is 2.06. The summed E-state index contributed by atoms with van der Waals surface area (Å²) in [6, 6.07) is 7.86. The number of benzene rings is 1. The summed E-state index contributed by atoms with van der Waals surface area (Å²) in [7, 11) is 0. The van der Waals surface area contributed by atoms with E-state index >= 15 is 0 Å².